The smallest absolute Gasteiger partial charge is 0.161 e. The molecule has 1 aliphatic heterocycles. The molecular formula is C15H19N3O2. The largest absolute Gasteiger partial charge is 0.486 e. The molecule has 0 saturated carbocycles. The predicted molar refractivity (Wildman–Crippen MR) is 76.2 cm³/mol. The maximum Gasteiger partial charge on any atom is 0.161 e. The van der Waals surface area contributed by atoms with Gasteiger partial charge in [0.15, 0.2) is 11.5 Å². The van der Waals surface area contributed by atoms with Crippen molar-refractivity contribution >= 4 is 0 Å². The third kappa shape index (κ3) is 3.30. The van der Waals surface area contributed by atoms with Crippen molar-refractivity contribution in [3.63, 3.8) is 0 Å². The van der Waals surface area contributed by atoms with Gasteiger partial charge in [0, 0.05) is 18.9 Å². The number of benzene rings is 1. The first-order chi connectivity index (χ1) is 9.92. The summed E-state index contributed by atoms with van der Waals surface area (Å²) in [6.45, 7) is 4.04. The van der Waals surface area contributed by atoms with E-state index in [1.165, 1.54) is 5.56 Å². The van der Waals surface area contributed by atoms with Crippen molar-refractivity contribution in [3.05, 3.63) is 42.2 Å². The highest BCUT2D eigenvalue weighted by Gasteiger charge is 2.11. The van der Waals surface area contributed by atoms with E-state index in [0.717, 1.165) is 37.6 Å². The molecule has 1 aliphatic rings. The summed E-state index contributed by atoms with van der Waals surface area (Å²) in [7, 11) is 0. The molecule has 0 atom stereocenters. The fourth-order valence-electron chi connectivity index (χ4n) is 2.23. The summed E-state index contributed by atoms with van der Waals surface area (Å²) < 4.78 is 13.0. The van der Waals surface area contributed by atoms with Gasteiger partial charge in [-0.25, -0.2) is 0 Å². The molecule has 106 valence electrons. The van der Waals surface area contributed by atoms with Crippen LogP contribution in [0.15, 0.2) is 36.7 Å². The predicted octanol–water partition coefficient (Wildman–Crippen LogP) is 1.49. The molecule has 0 radical (unpaired) electrons. The standard InChI is InChI=1S/C15H19N3O2/c1-5-17-18(8-1)9-7-16-6-4-13-2-3-14-15(12-13)20-11-10-19-14/h1-3,5,8,12,16H,4,6-7,9-11H2. The molecular weight excluding hydrogens is 254 g/mol. The van der Waals surface area contributed by atoms with Crippen LogP contribution in [0.5, 0.6) is 11.5 Å². The molecule has 0 bridgehead atoms. The van der Waals surface area contributed by atoms with E-state index in [9.17, 15) is 0 Å². The summed E-state index contributed by atoms with van der Waals surface area (Å²) in [5.41, 5.74) is 1.26. The molecule has 2 heterocycles. The molecule has 0 fully saturated rings. The minimum Gasteiger partial charge on any atom is -0.486 e. The number of ether oxygens (including phenoxy) is 2. The average molecular weight is 273 g/mol. The molecule has 20 heavy (non-hydrogen) atoms. The molecule has 3 rings (SSSR count). The van der Waals surface area contributed by atoms with Crippen LogP contribution in [-0.2, 0) is 13.0 Å². The van der Waals surface area contributed by atoms with Gasteiger partial charge in [0.2, 0.25) is 0 Å². The van der Waals surface area contributed by atoms with Gasteiger partial charge in [-0.1, -0.05) is 6.07 Å². The van der Waals surface area contributed by atoms with Gasteiger partial charge < -0.3 is 14.8 Å². The van der Waals surface area contributed by atoms with Gasteiger partial charge in [0.1, 0.15) is 13.2 Å². The molecule has 0 spiro atoms. The summed E-state index contributed by atoms with van der Waals surface area (Å²) in [6, 6.07) is 8.11. The van der Waals surface area contributed by atoms with Gasteiger partial charge in [-0.05, 0) is 36.7 Å². The average Bonchev–Trinajstić information content (AvgIpc) is 3.00. The highest BCUT2D eigenvalue weighted by atomic mass is 16.6. The lowest BCUT2D eigenvalue weighted by Gasteiger charge is -2.18. The second kappa shape index (κ2) is 6.43. The Labute approximate surface area is 118 Å². The van der Waals surface area contributed by atoms with Crippen molar-refractivity contribution in [1.29, 1.82) is 0 Å². The van der Waals surface area contributed by atoms with Crippen LogP contribution in [-0.4, -0.2) is 36.1 Å². The number of nitrogens with zero attached hydrogens (tertiary/aromatic N) is 2. The van der Waals surface area contributed by atoms with Crippen LogP contribution in [0.3, 0.4) is 0 Å². The third-order valence-electron chi connectivity index (χ3n) is 3.27. The van der Waals surface area contributed by atoms with E-state index in [1.54, 1.807) is 6.20 Å². The fraction of sp³-hybridized carbons (Fsp3) is 0.400. The number of hydrogen-bond acceptors (Lipinski definition) is 4. The quantitative estimate of drug-likeness (QED) is 0.810. The molecule has 0 unspecified atom stereocenters. The summed E-state index contributed by atoms with van der Waals surface area (Å²) in [6.07, 6.45) is 4.76. The van der Waals surface area contributed by atoms with Crippen molar-refractivity contribution in [2.45, 2.75) is 13.0 Å². The second-order valence-electron chi connectivity index (χ2n) is 4.75. The Morgan fingerprint density at radius 1 is 1.15 bits per heavy atom. The second-order valence-corrected chi connectivity index (χ2v) is 4.75. The first-order valence-electron chi connectivity index (χ1n) is 6.98. The van der Waals surface area contributed by atoms with Crippen molar-refractivity contribution in [1.82, 2.24) is 15.1 Å². The van der Waals surface area contributed by atoms with Crippen molar-refractivity contribution < 1.29 is 9.47 Å². The van der Waals surface area contributed by atoms with Crippen molar-refractivity contribution in [3.8, 4) is 11.5 Å². The molecule has 5 nitrogen and oxygen atoms in total. The Balaban J connectivity index is 1.42. The number of nitrogens with one attached hydrogen (secondary N) is 1. The number of hydrogen-bond donors (Lipinski definition) is 1. The van der Waals surface area contributed by atoms with E-state index in [2.05, 4.69) is 22.5 Å². The Kier molecular flexibility index (Phi) is 4.18. The lowest BCUT2D eigenvalue weighted by Crippen LogP contribution is -2.22. The molecule has 0 amide bonds. The topological polar surface area (TPSA) is 48.3 Å². The monoisotopic (exact) mass is 273 g/mol. The van der Waals surface area contributed by atoms with Gasteiger partial charge in [0.25, 0.3) is 0 Å². The molecule has 2 aromatic rings. The summed E-state index contributed by atoms with van der Waals surface area (Å²) in [4.78, 5) is 0. The lowest BCUT2D eigenvalue weighted by molar-refractivity contribution is 0.171. The Bertz CT molecular complexity index is 540. The van der Waals surface area contributed by atoms with Crippen LogP contribution in [0.2, 0.25) is 0 Å². The minimum absolute atomic E-state index is 0.637. The number of rotatable bonds is 6. The van der Waals surface area contributed by atoms with E-state index < -0.39 is 0 Å². The molecule has 5 heteroatoms. The van der Waals surface area contributed by atoms with Gasteiger partial charge in [-0.3, -0.25) is 4.68 Å². The van der Waals surface area contributed by atoms with Crippen LogP contribution in [0.1, 0.15) is 5.56 Å². The van der Waals surface area contributed by atoms with Crippen LogP contribution >= 0.6 is 0 Å². The van der Waals surface area contributed by atoms with E-state index in [0.29, 0.717) is 13.2 Å². The lowest BCUT2D eigenvalue weighted by atomic mass is 10.1. The summed E-state index contributed by atoms with van der Waals surface area (Å²) >= 11 is 0. The Morgan fingerprint density at radius 2 is 2.05 bits per heavy atom. The van der Waals surface area contributed by atoms with Crippen molar-refractivity contribution in [2.24, 2.45) is 0 Å². The third-order valence-corrected chi connectivity index (χ3v) is 3.27. The number of fused-ring (bicyclic) bond motifs is 1. The zero-order chi connectivity index (χ0) is 13.6. The highest BCUT2D eigenvalue weighted by molar-refractivity contribution is 5.43. The Morgan fingerprint density at radius 3 is 2.90 bits per heavy atom. The van der Waals surface area contributed by atoms with Gasteiger partial charge in [0.05, 0.1) is 6.54 Å². The van der Waals surface area contributed by atoms with E-state index in [4.69, 9.17) is 9.47 Å². The molecule has 1 aromatic heterocycles. The summed E-state index contributed by atoms with van der Waals surface area (Å²) in [5.74, 6) is 1.72. The maximum absolute atomic E-state index is 5.58. The molecule has 1 aromatic carbocycles. The SMILES string of the molecule is c1cnn(CCNCCc2ccc3c(c2)OCCO3)c1. The highest BCUT2D eigenvalue weighted by Crippen LogP contribution is 2.30. The fourth-order valence-corrected chi connectivity index (χ4v) is 2.23. The molecule has 1 N–H and O–H groups in total. The number of aromatic nitrogens is 2. The van der Waals surface area contributed by atoms with Gasteiger partial charge in [-0.15, -0.1) is 0 Å². The van der Waals surface area contributed by atoms with E-state index in [1.807, 2.05) is 23.0 Å². The molecule has 0 aliphatic carbocycles. The van der Waals surface area contributed by atoms with Crippen LogP contribution in [0.25, 0.3) is 0 Å². The van der Waals surface area contributed by atoms with Crippen LogP contribution in [0.4, 0.5) is 0 Å². The maximum atomic E-state index is 5.58. The minimum atomic E-state index is 0.637. The zero-order valence-electron chi connectivity index (χ0n) is 11.4. The van der Waals surface area contributed by atoms with Crippen LogP contribution in [0, 0.1) is 0 Å². The van der Waals surface area contributed by atoms with E-state index in [-0.39, 0.29) is 0 Å². The molecule has 0 saturated heterocycles. The Hall–Kier alpha value is -2.01. The van der Waals surface area contributed by atoms with E-state index >= 15 is 0 Å². The summed E-state index contributed by atoms with van der Waals surface area (Å²) in [5, 5.41) is 7.59. The van der Waals surface area contributed by atoms with Crippen LogP contribution < -0.4 is 14.8 Å². The first-order valence-corrected chi connectivity index (χ1v) is 6.98. The normalized spacial score (nSPS) is 13.4. The zero-order valence-corrected chi connectivity index (χ0v) is 11.4. The van der Waals surface area contributed by atoms with Gasteiger partial charge in [-0.2, -0.15) is 5.10 Å². The van der Waals surface area contributed by atoms with Gasteiger partial charge >= 0.3 is 0 Å². The van der Waals surface area contributed by atoms with Crippen molar-refractivity contribution in [2.75, 3.05) is 26.3 Å². The first kappa shape index (κ1) is 13.0.